The number of fused-ring (bicyclic) bond motifs is 1. The Kier molecular flexibility index (Phi) is 6.41. The first-order chi connectivity index (χ1) is 16.7. The van der Waals surface area contributed by atoms with Gasteiger partial charge in [-0.1, -0.05) is 6.07 Å². The largest absolute Gasteiger partial charge is 0.338 e. The van der Waals surface area contributed by atoms with E-state index in [1.54, 1.807) is 18.5 Å². The molecular formula is C24H27N9O. The lowest BCUT2D eigenvalue weighted by Gasteiger charge is -2.26. The third kappa shape index (κ3) is 4.87. The van der Waals surface area contributed by atoms with Crippen LogP contribution < -0.4 is 16.0 Å². The number of urea groups is 1. The van der Waals surface area contributed by atoms with E-state index in [0.29, 0.717) is 23.8 Å². The lowest BCUT2D eigenvalue weighted by atomic mass is 10.0. The number of piperazine rings is 1. The van der Waals surface area contributed by atoms with Crippen LogP contribution in [-0.2, 0) is 6.54 Å². The van der Waals surface area contributed by atoms with Gasteiger partial charge in [-0.2, -0.15) is 0 Å². The molecule has 0 aliphatic carbocycles. The highest BCUT2D eigenvalue weighted by molar-refractivity contribution is 5.97. The smallest absolute Gasteiger partial charge is 0.321 e. The third-order valence-electron chi connectivity index (χ3n) is 5.72. The van der Waals surface area contributed by atoms with E-state index in [4.69, 9.17) is 4.98 Å². The number of aromatic nitrogens is 5. The van der Waals surface area contributed by atoms with E-state index in [1.165, 1.54) is 0 Å². The minimum absolute atomic E-state index is 0.316. The Labute approximate surface area is 197 Å². The summed E-state index contributed by atoms with van der Waals surface area (Å²) >= 11 is 0. The fourth-order valence-corrected chi connectivity index (χ4v) is 4.05. The minimum atomic E-state index is -0.316. The first-order valence-corrected chi connectivity index (χ1v) is 11.4. The molecular weight excluding hydrogens is 430 g/mol. The number of anilines is 1. The summed E-state index contributed by atoms with van der Waals surface area (Å²) in [7, 11) is 0. The van der Waals surface area contributed by atoms with Crippen LogP contribution in [0.25, 0.3) is 33.5 Å². The zero-order valence-electron chi connectivity index (χ0n) is 19.0. The third-order valence-corrected chi connectivity index (χ3v) is 5.72. The van der Waals surface area contributed by atoms with Crippen LogP contribution in [0, 0.1) is 0 Å². The van der Waals surface area contributed by atoms with Crippen molar-refractivity contribution in [3.8, 4) is 22.5 Å². The second kappa shape index (κ2) is 9.94. The lowest BCUT2D eigenvalue weighted by Crippen LogP contribution is -2.43. The second-order valence-electron chi connectivity index (χ2n) is 8.13. The standard InChI is InChI=1S/C24H27N9O/c1-2-26-24(34)32-23-30-20-13-17(12-19(21(20)31-23)22-27-6-3-7-28-22)16-4-5-18(29-14-16)15-33-10-8-25-9-11-33/h3-7,12-14,25H,2,8-11,15H2,1H3,(H3,26,30,31,32,34). The van der Waals surface area contributed by atoms with Crippen LogP contribution in [0.1, 0.15) is 12.6 Å². The first-order valence-electron chi connectivity index (χ1n) is 11.4. The van der Waals surface area contributed by atoms with E-state index in [2.05, 4.69) is 52.9 Å². The van der Waals surface area contributed by atoms with Crippen molar-refractivity contribution in [2.45, 2.75) is 13.5 Å². The highest BCUT2D eigenvalue weighted by atomic mass is 16.2. The average Bonchev–Trinajstić information content (AvgIpc) is 3.27. The molecule has 2 amide bonds. The van der Waals surface area contributed by atoms with Crippen LogP contribution in [0.15, 0.2) is 48.9 Å². The maximum absolute atomic E-state index is 12.0. The summed E-state index contributed by atoms with van der Waals surface area (Å²) in [5.74, 6) is 0.925. The molecule has 1 aliphatic heterocycles. The zero-order chi connectivity index (χ0) is 23.3. The molecule has 1 aromatic carbocycles. The number of carbonyl (C=O) groups is 1. The van der Waals surface area contributed by atoms with Gasteiger partial charge in [-0.05, 0) is 36.8 Å². The average molecular weight is 458 g/mol. The molecule has 3 aromatic heterocycles. The van der Waals surface area contributed by atoms with Crippen LogP contribution in [0.2, 0.25) is 0 Å². The molecule has 1 aliphatic rings. The molecule has 0 bridgehead atoms. The summed E-state index contributed by atoms with van der Waals surface area (Å²) < 4.78 is 0. The maximum atomic E-state index is 12.0. The molecule has 1 fully saturated rings. The van der Waals surface area contributed by atoms with Gasteiger partial charge in [-0.3, -0.25) is 15.2 Å². The van der Waals surface area contributed by atoms with Gasteiger partial charge in [0.25, 0.3) is 0 Å². The number of rotatable bonds is 6. The molecule has 4 aromatic rings. The highest BCUT2D eigenvalue weighted by Gasteiger charge is 2.16. The summed E-state index contributed by atoms with van der Waals surface area (Å²) in [6.45, 7) is 7.34. The predicted octanol–water partition coefficient (Wildman–Crippen LogP) is 2.63. The van der Waals surface area contributed by atoms with Crippen molar-refractivity contribution in [3.63, 3.8) is 0 Å². The molecule has 4 N–H and O–H groups in total. The van der Waals surface area contributed by atoms with E-state index in [0.717, 1.165) is 60.6 Å². The van der Waals surface area contributed by atoms with Crippen LogP contribution in [0.3, 0.4) is 0 Å². The molecule has 5 rings (SSSR count). The van der Waals surface area contributed by atoms with Crippen molar-refractivity contribution in [2.75, 3.05) is 38.0 Å². The minimum Gasteiger partial charge on any atom is -0.338 e. The number of nitrogens with zero attached hydrogens (tertiary/aromatic N) is 5. The Morgan fingerprint density at radius 2 is 1.91 bits per heavy atom. The van der Waals surface area contributed by atoms with Crippen LogP contribution >= 0.6 is 0 Å². The molecule has 0 radical (unpaired) electrons. The number of amides is 2. The van der Waals surface area contributed by atoms with E-state index in [9.17, 15) is 4.79 Å². The summed E-state index contributed by atoms with van der Waals surface area (Å²) in [6, 6.07) is 9.65. The van der Waals surface area contributed by atoms with Crippen LogP contribution in [0.4, 0.5) is 10.7 Å². The summed E-state index contributed by atoms with van der Waals surface area (Å²) in [5.41, 5.74) is 5.23. The first kappa shape index (κ1) is 21.9. The number of carbonyl (C=O) groups excluding carboxylic acids is 1. The second-order valence-corrected chi connectivity index (χ2v) is 8.13. The molecule has 1 saturated heterocycles. The molecule has 4 heterocycles. The van der Waals surface area contributed by atoms with Gasteiger partial charge in [0.2, 0.25) is 5.95 Å². The Bertz CT molecular complexity index is 1270. The number of H-pyrrole nitrogens is 1. The van der Waals surface area contributed by atoms with Gasteiger partial charge in [-0.25, -0.2) is 19.7 Å². The Balaban J connectivity index is 1.48. The van der Waals surface area contributed by atoms with Crippen molar-refractivity contribution in [2.24, 2.45) is 0 Å². The number of imidazole rings is 1. The number of hydrogen-bond acceptors (Lipinski definition) is 7. The van der Waals surface area contributed by atoms with Crippen molar-refractivity contribution in [1.29, 1.82) is 0 Å². The van der Waals surface area contributed by atoms with Gasteiger partial charge < -0.3 is 15.6 Å². The van der Waals surface area contributed by atoms with Gasteiger partial charge >= 0.3 is 6.03 Å². The molecule has 0 spiro atoms. The number of pyridine rings is 1. The van der Waals surface area contributed by atoms with E-state index < -0.39 is 0 Å². The lowest BCUT2D eigenvalue weighted by molar-refractivity contribution is 0.231. The molecule has 10 heteroatoms. The van der Waals surface area contributed by atoms with Gasteiger partial charge in [0, 0.05) is 69.0 Å². The predicted molar refractivity (Wildman–Crippen MR) is 131 cm³/mol. The van der Waals surface area contributed by atoms with E-state index in [1.807, 2.05) is 25.3 Å². The van der Waals surface area contributed by atoms with E-state index in [-0.39, 0.29) is 6.03 Å². The summed E-state index contributed by atoms with van der Waals surface area (Å²) in [4.78, 5) is 35.7. The molecule has 34 heavy (non-hydrogen) atoms. The van der Waals surface area contributed by atoms with Crippen molar-refractivity contribution < 1.29 is 4.79 Å². The fourth-order valence-electron chi connectivity index (χ4n) is 4.05. The number of nitrogens with one attached hydrogen (secondary N) is 4. The molecule has 0 saturated carbocycles. The Morgan fingerprint density at radius 3 is 2.65 bits per heavy atom. The van der Waals surface area contributed by atoms with Crippen molar-refractivity contribution in [1.82, 2.24) is 40.5 Å². The number of aromatic amines is 1. The maximum Gasteiger partial charge on any atom is 0.321 e. The van der Waals surface area contributed by atoms with Gasteiger partial charge in [0.05, 0.1) is 11.2 Å². The summed E-state index contributed by atoms with van der Waals surface area (Å²) in [6.07, 6.45) is 5.31. The Hall–Kier alpha value is -3.89. The number of hydrogen-bond donors (Lipinski definition) is 4. The van der Waals surface area contributed by atoms with Crippen molar-refractivity contribution in [3.05, 3.63) is 54.6 Å². The highest BCUT2D eigenvalue weighted by Crippen LogP contribution is 2.32. The van der Waals surface area contributed by atoms with Gasteiger partial charge in [0.1, 0.15) is 5.52 Å². The Morgan fingerprint density at radius 1 is 1.09 bits per heavy atom. The van der Waals surface area contributed by atoms with E-state index >= 15 is 0 Å². The zero-order valence-corrected chi connectivity index (χ0v) is 19.0. The van der Waals surface area contributed by atoms with Crippen molar-refractivity contribution >= 4 is 23.0 Å². The molecule has 0 unspecified atom stereocenters. The molecule has 10 nitrogen and oxygen atoms in total. The molecule has 0 atom stereocenters. The van der Waals surface area contributed by atoms with Gasteiger partial charge in [0.15, 0.2) is 5.82 Å². The normalized spacial score (nSPS) is 14.3. The fraction of sp³-hybridized carbons (Fsp3) is 0.292. The monoisotopic (exact) mass is 457 g/mol. The quantitative estimate of drug-likeness (QED) is 0.351. The summed E-state index contributed by atoms with van der Waals surface area (Å²) in [5, 5.41) is 8.82. The SMILES string of the molecule is CCNC(=O)Nc1nc2c(-c3ncccn3)cc(-c3ccc(CN4CCNCC4)nc3)cc2[nH]1. The van der Waals surface area contributed by atoms with Gasteiger partial charge in [-0.15, -0.1) is 0 Å². The number of benzene rings is 1. The topological polar surface area (TPSA) is 124 Å². The van der Waals surface area contributed by atoms with Crippen LogP contribution in [-0.4, -0.2) is 68.6 Å². The van der Waals surface area contributed by atoms with Crippen LogP contribution in [0.5, 0.6) is 0 Å². The molecule has 174 valence electrons.